The first-order valence-electron chi connectivity index (χ1n) is 5.03. The lowest BCUT2D eigenvalue weighted by atomic mass is 10.3. The number of halogens is 3. The molecular weight excluding hydrogens is 241 g/mol. The van der Waals surface area contributed by atoms with Crippen LogP contribution in [0.4, 0.5) is 13.2 Å². The van der Waals surface area contributed by atoms with Gasteiger partial charge in [0.1, 0.15) is 0 Å². The van der Waals surface area contributed by atoms with E-state index in [9.17, 15) is 22.8 Å². The van der Waals surface area contributed by atoms with Gasteiger partial charge < -0.3 is 15.3 Å². The Hall–Kier alpha value is -1.31. The van der Waals surface area contributed by atoms with Crippen molar-refractivity contribution in [2.24, 2.45) is 0 Å². The van der Waals surface area contributed by atoms with Gasteiger partial charge in [-0.1, -0.05) is 0 Å². The summed E-state index contributed by atoms with van der Waals surface area (Å²) >= 11 is 0. The van der Waals surface area contributed by atoms with E-state index in [0.717, 1.165) is 0 Å². The van der Waals surface area contributed by atoms with E-state index in [-0.39, 0.29) is 19.5 Å². The molecule has 100 valence electrons. The summed E-state index contributed by atoms with van der Waals surface area (Å²) in [5.41, 5.74) is 0. The van der Waals surface area contributed by atoms with Gasteiger partial charge in [0, 0.05) is 13.1 Å². The van der Waals surface area contributed by atoms with E-state index < -0.39 is 31.1 Å². The molecule has 2 N–H and O–H groups in total. The van der Waals surface area contributed by atoms with Gasteiger partial charge in [-0.3, -0.25) is 9.59 Å². The molecule has 1 amide bonds. The average molecular weight is 256 g/mol. The van der Waals surface area contributed by atoms with Gasteiger partial charge in [-0.15, -0.1) is 0 Å². The lowest BCUT2D eigenvalue weighted by Gasteiger charge is -2.20. The van der Waals surface area contributed by atoms with Crippen molar-refractivity contribution in [3.8, 4) is 0 Å². The molecule has 0 heterocycles. The molecule has 17 heavy (non-hydrogen) atoms. The van der Waals surface area contributed by atoms with E-state index >= 15 is 0 Å². The smallest absolute Gasteiger partial charge is 0.401 e. The number of carboxylic acids is 1. The van der Waals surface area contributed by atoms with Crippen LogP contribution in [0.5, 0.6) is 0 Å². The highest BCUT2D eigenvalue weighted by atomic mass is 19.4. The molecule has 0 aromatic heterocycles. The van der Waals surface area contributed by atoms with E-state index in [1.165, 1.54) is 4.90 Å². The zero-order valence-corrected chi connectivity index (χ0v) is 9.38. The summed E-state index contributed by atoms with van der Waals surface area (Å²) in [7, 11) is 0. The number of nitrogens with zero attached hydrogens (tertiary/aromatic N) is 1. The maximum atomic E-state index is 11.8. The molecule has 0 bridgehead atoms. The van der Waals surface area contributed by atoms with Crippen molar-refractivity contribution in [1.82, 2.24) is 10.2 Å². The van der Waals surface area contributed by atoms with Gasteiger partial charge in [-0.05, 0) is 6.92 Å². The fourth-order valence-corrected chi connectivity index (χ4v) is 1.11. The number of carbonyl (C=O) groups excluding carboxylic acids is 1. The molecule has 0 fully saturated rings. The second-order valence-corrected chi connectivity index (χ2v) is 3.34. The van der Waals surface area contributed by atoms with Gasteiger partial charge in [-0.25, -0.2) is 0 Å². The van der Waals surface area contributed by atoms with Crippen LogP contribution in [0.15, 0.2) is 0 Å². The summed E-state index contributed by atoms with van der Waals surface area (Å²) < 4.78 is 35.3. The molecular formula is C9H15F3N2O3. The molecule has 0 spiro atoms. The van der Waals surface area contributed by atoms with Gasteiger partial charge in [-0.2, -0.15) is 13.2 Å². The zero-order valence-electron chi connectivity index (χ0n) is 9.38. The largest absolute Gasteiger partial charge is 0.481 e. The van der Waals surface area contributed by atoms with Crippen molar-refractivity contribution < 1.29 is 27.9 Å². The van der Waals surface area contributed by atoms with Crippen molar-refractivity contribution in [1.29, 1.82) is 0 Å². The SMILES string of the molecule is CCN(CCC(=O)O)C(=O)CNCC(F)(F)F. The van der Waals surface area contributed by atoms with Gasteiger partial charge >= 0.3 is 12.1 Å². The monoisotopic (exact) mass is 256 g/mol. The summed E-state index contributed by atoms with van der Waals surface area (Å²) in [5, 5.41) is 10.4. The van der Waals surface area contributed by atoms with E-state index in [1.54, 1.807) is 6.92 Å². The van der Waals surface area contributed by atoms with Gasteiger partial charge in [0.25, 0.3) is 0 Å². The predicted molar refractivity (Wildman–Crippen MR) is 53.4 cm³/mol. The maximum Gasteiger partial charge on any atom is 0.401 e. The number of carboxylic acid groups (broad SMARTS) is 1. The van der Waals surface area contributed by atoms with E-state index in [0.29, 0.717) is 0 Å². The lowest BCUT2D eigenvalue weighted by Crippen LogP contribution is -2.41. The predicted octanol–water partition coefficient (Wildman–Crippen LogP) is 0.461. The van der Waals surface area contributed by atoms with E-state index in [4.69, 9.17) is 5.11 Å². The second-order valence-electron chi connectivity index (χ2n) is 3.34. The van der Waals surface area contributed by atoms with Crippen LogP contribution in [0, 0.1) is 0 Å². The molecule has 0 saturated carbocycles. The Morgan fingerprint density at radius 1 is 1.35 bits per heavy atom. The third-order valence-electron chi connectivity index (χ3n) is 1.93. The Bertz CT molecular complexity index is 269. The highest BCUT2D eigenvalue weighted by Crippen LogP contribution is 2.11. The van der Waals surface area contributed by atoms with Crippen molar-refractivity contribution in [3.63, 3.8) is 0 Å². The Morgan fingerprint density at radius 3 is 2.35 bits per heavy atom. The highest BCUT2D eigenvalue weighted by molar-refractivity contribution is 5.78. The van der Waals surface area contributed by atoms with Crippen LogP contribution >= 0.6 is 0 Å². The summed E-state index contributed by atoms with van der Waals surface area (Å²) in [5.74, 6) is -1.60. The molecule has 8 heteroatoms. The summed E-state index contributed by atoms with van der Waals surface area (Å²) in [6, 6.07) is 0. The molecule has 0 radical (unpaired) electrons. The summed E-state index contributed by atoms with van der Waals surface area (Å²) in [6.45, 7) is 0.198. The van der Waals surface area contributed by atoms with Crippen molar-refractivity contribution in [2.75, 3.05) is 26.2 Å². The van der Waals surface area contributed by atoms with Crippen molar-refractivity contribution in [2.45, 2.75) is 19.5 Å². The topological polar surface area (TPSA) is 69.6 Å². The molecule has 0 aliphatic heterocycles. The number of hydrogen-bond donors (Lipinski definition) is 2. The number of hydrogen-bond acceptors (Lipinski definition) is 3. The normalized spacial score (nSPS) is 11.3. The Balaban J connectivity index is 3.96. The third-order valence-corrected chi connectivity index (χ3v) is 1.93. The Labute approximate surface area is 96.6 Å². The van der Waals surface area contributed by atoms with Gasteiger partial charge in [0.15, 0.2) is 0 Å². The number of rotatable bonds is 7. The van der Waals surface area contributed by atoms with Crippen LogP contribution in [0.2, 0.25) is 0 Å². The summed E-state index contributed by atoms with van der Waals surface area (Å²) in [4.78, 5) is 22.9. The number of alkyl halides is 3. The summed E-state index contributed by atoms with van der Waals surface area (Å²) in [6.07, 6.45) is -4.59. The fourth-order valence-electron chi connectivity index (χ4n) is 1.11. The minimum Gasteiger partial charge on any atom is -0.481 e. The second kappa shape index (κ2) is 7.10. The molecule has 0 aromatic carbocycles. The van der Waals surface area contributed by atoms with Gasteiger partial charge in [0.05, 0.1) is 19.5 Å². The molecule has 0 rings (SSSR count). The zero-order chi connectivity index (χ0) is 13.5. The van der Waals surface area contributed by atoms with Crippen LogP contribution in [0.3, 0.4) is 0 Å². The molecule has 0 aliphatic carbocycles. The quantitative estimate of drug-likeness (QED) is 0.694. The highest BCUT2D eigenvalue weighted by Gasteiger charge is 2.26. The number of carbonyl (C=O) groups is 2. The molecule has 5 nitrogen and oxygen atoms in total. The molecule has 0 aromatic rings. The Morgan fingerprint density at radius 2 is 1.94 bits per heavy atom. The minimum absolute atomic E-state index is 0.00162. The van der Waals surface area contributed by atoms with E-state index in [2.05, 4.69) is 0 Å². The first-order valence-corrected chi connectivity index (χ1v) is 5.03. The minimum atomic E-state index is -4.36. The molecule has 0 atom stereocenters. The average Bonchev–Trinajstić information content (AvgIpc) is 2.16. The van der Waals surface area contributed by atoms with E-state index in [1.807, 2.05) is 5.32 Å². The molecule has 0 saturated heterocycles. The third kappa shape index (κ3) is 8.49. The van der Waals surface area contributed by atoms with Crippen molar-refractivity contribution in [3.05, 3.63) is 0 Å². The number of amides is 1. The lowest BCUT2D eigenvalue weighted by molar-refractivity contribution is -0.138. The number of aliphatic carboxylic acids is 1. The molecule has 0 unspecified atom stereocenters. The first kappa shape index (κ1) is 15.7. The first-order chi connectivity index (χ1) is 7.76. The molecule has 0 aliphatic rings. The van der Waals surface area contributed by atoms with Gasteiger partial charge in [0.2, 0.25) is 5.91 Å². The van der Waals surface area contributed by atoms with Crippen LogP contribution in [-0.4, -0.2) is 54.2 Å². The number of nitrogens with one attached hydrogen (secondary N) is 1. The Kier molecular flexibility index (Phi) is 6.55. The van der Waals surface area contributed by atoms with Crippen LogP contribution in [0.1, 0.15) is 13.3 Å². The maximum absolute atomic E-state index is 11.8. The van der Waals surface area contributed by atoms with Crippen LogP contribution in [-0.2, 0) is 9.59 Å². The number of likely N-dealkylation sites (N-methyl/N-ethyl adjacent to an activating group) is 1. The van der Waals surface area contributed by atoms with Crippen LogP contribution in [0.25, 0.3) is 0 Å². The fraction of sp³-hybridized carbons (Fsp3) is 0.778. The van der Waals surface area contributed by atoms with Crippen LogP contribution < -0.4 is 5.32 Å². The van der Waals surface area contributed by atoms with Crippen molar-refractivity contribution >= 4 is 11.9 Å². The standard InChI is InChI=1S/C9H15F3N2O3/c1-2-14(4-3-8(16)17)7(15)5-13-6-9(10,11)12/h13H,2-6H2,1H3,(H,16,17).